The van der Waals surface area contributed by atoms with Crippen LogP contribution < -0.4 is 11.1 Å². The molecule has 7 heteroatoms. The average molecular weight is 428 g/mol. The molecule has 0 amide bonds. The maximum Gasteiger partial charge on any atom is 0.178 e. The van der Waals surface area contributed by atoms with Gasteiger partial charge in [0.2, 0.25) is 0 Å². The van der Waals surface area contributed by atoms with Gasteiger partial charge in [-0.05, 0) is 73.4 Å². The van der Waals surface area contributed by atoms with E-state index in [-0.39, 0.29) is 5.92 Å². The monoisotopic (exact) mass is 427 g/mol. The molecule has 1 atom stereocenters. The number of H-pyrrole nitrogens is 1. The van der Waals surface area contributed by atoms with Crippen LogP contribution in [0.4, 0.5) is 5.82 Å². The summed E-state index contributed by atoms with van der Waals surface area (Å²) in [5.74, 6) is 1.28. The Morgan fingerprint density at radius 2 is 1.91 bits per heavy atom. The first kappa shape index (κ1) is 20.6. The summed E-state index contributed by atoms with van der Waals surface area (Å²) in [4.78, 5) is 8.67. The third kappa shape index (κ3) is 4.48. The smallest absolute Gasteiger partial charge is 0.178 e. The lowest BCUT2D eigenvalue weighted by Gasteiger charge is -2.30. The summed E-state index contributed by atoms with van der Waals surface area (Å²) in [6.07, 6.45) is 9.58. The lowest BCUT2D eigenvalue weighted by Crippen LogP contribution is -2.34. The molecule has 1 fully saturated rings. The van der Waals surface area contributed by atoms with E-state index in [4.69, 9.17) is 5.73 Å². The zero-order valence-electron chi connectivity index (χ0n) is 18.1. The molecule has 0 saturated heterocycles. The normalized spacial score (nSPS) is 19.8. The van der Waals surface area contributed by atoms with Crippen LogP contribution in [0.1, 0.15) is 60.6 Å². The van der Waals surface area contributed by atoms with E-state index in [0.29, 0.717) is 23.4 Å². The SMILES string of the molecule is Nc1cc(C(CCNC2CCC(c3ccccc3)CC2)c2cccnc2)c2nn[nH]c2n1. The van der Waals surface area contributed by atoms with Crippen molar-refractivity contribution in [1.82, 2.24) is 30.7 Å². The van der Waals surface area contributed by atoms with Gasteiger partial charge in [0.25, 0.3) is 0 Å². The fourth-order valence-electron chi connectivity index (χ4n) is 5.02. The van der Waals surface area contributed by atoms with Crippen LogP contribution in [0.15, 0.2) is 60.9 Å². The number of nitrogens with one attached hydrogen (secondary N) is 2. The fourth-order valence-corrected chi connectivity index (χ4v) is 5.02. The van der Waals surface area contributed by atoms with E-state index in [9.17, 15) is 0 Å². The fraction of sp³-hybridized carbons (Fsp3) is 0.360. The summed E-state index contributed by atoms with van der Waals surface area (Å²) in [7, 11) is 0. The Kier molecular flexibility index (Phi) is 6.07. The van der Waals surface area contributed by atoms with Crippen LogP contribution in [0, 0.1) is 0 Å². The van der Waals surface area contributed by atoms with Crippen LogP contribution >= 0.6 is 0 Å². The maximum absolute atomic E-state index is 6.09. The van der Waals surface area contributed by atoms with Crippen molar-refractivity contribution in [3.05, 3.63) is 77.6 Å². The number of hydrogen-bond acceptors (Lipinski definition) is 6. The Morgan fingerprint density at radius 3 is 2.69 bits per heavy atom. The number of aromatic amines is 1. The molecule has 3 aromatic heterocycles. The Labute approximate surface area is 187 Å². The number of pyridine rings is 2. The molecule has 1 aromatic carbocycles. The highest BCUT2D eigenvalue weighted by Crippen LogP contribution is 2.34. The molecule has 4 N–H and O–H groups in total. The van der Waals surface area contributed by atoms with Crippen LogP contribution in [-0.2, 0) is 0 Å². The third-order valence-electron chi connectivity index (χ3n) is 6.67. The highest BCUT2D eigenvalue weighted by molar-refractivity contribution is 5.77. The number of nitrogens with zero attached hydrogens (tertiary/aromatic N) is 4. The van der Waals surface area contributed by atoms with E-state index in [2.05, 4.69) is 67.1 Å². The lowest BCUT2D eigenvalue weighted by atomic mass is 9.81. The minimum Gasteiger partial charge on any atom is -0.384 e. The molecule has 32 heavy (non-hydrogen) atoms. The van der Waals surface area contributed by atoms with Crippen LogP contribution in [0.3, 0.4) is 0 Å². The molecule has 1 saturated carbocycles. The standard InChI is InChI=1S/C25H29N7/c26-23-15-22(24-25(29-23)31-32-30-24)21(19-7-4-13-27-16-19)12-14-28-20-10-8-18(9-11-20)17-5-2-1-3-6-17/h1-7,13,15-16,18,20-21,28H,8-12,14H2,(H3,26,29,30,31,32). The van der Waals surface area contributed by atoms with Gasteiger partial charge < -0.3 is 11.1 Å². The molecule has 0 radical (unpaired) electrons. The van der Waals surface area contributed by atoms with E-state index in [1.54, 1.807) is 6.20 Å². The number of benzene rings is 1. The predicted octanol–water partition coefficient (Wildman–Crippen LogP) is 4.17. The summed E-state index contributed by atoms with van der Waals surface area (Å²) in [5.41, 5.74) is 11.2. The molecule has 4 aromatic rings. The Bertz CT molecular complexity index is 1130. The molecule has 164 valence electrons. The number of nitrogen functional groups attached to an aromatic ring is 1. The van der Waals surface area contributed by atoms with Crippen molar-refractivity contribution in [2.24, 2.45) is 0 Å². The van der Waals surface area contributed by atoms with Gasteiger partial charge in [0.1, 0.15) is 11.3 Å². The molecule has 0 spiro atoms. The summed E-state index contributed by atoms with van der Waals surface area (Å²) >= 11 is 0. The molecule has 1 unspecified atom stereocenters. The first-order valence-electron chi connectivity index (χ1n) is 11.4. The second-order valence-corrected chi connectivity index (χ2v) is 8.69. The number of fused-ring (bicyclic) bond motifs is 1. The van der Waals surface area contributed by atoms with Crippen molar-refractivity contribution in [1.29, 1.82) is 0 Å². The molecule has 5 rings (SSSR count). The zero-order valence-corrected chi connectivity index (χ0v) is 18.1. The Balaban J connectivity index is 1.26. The lowest BCUT2D eigenvalue weighted by molar-refractivity contribution is 0.340. The van der Waals surface area contributed by atoms with Gasteiger partial charge in [-0.3, -0.25) is 4.98 Å². The second-order valence-electron chi connectivity index (χ2n) is 8.69. The summed E-state index contributed by atoms with van der Waals surface area (Å²) in [6.45, 7) is 0.918. The molecule has 0 bridgehead atoms. The number of anilines is 1. The van der Waals surface area contributed by atoms with Crippen molar-refractivity contribution in [3.63, 3.8) is 0 Å². The quantitative estimate of drug-likeness (QED) is 0.409. The van der Waals surface area contributed by atoms with E-state index in [1.165, 1.54) is 31.2 Å². The topological polar surface area (TPSA) is 105 Å². The van der Waals surface area contributed by atoms with Gasteiger partial charge in [0, 0.05) is 24.4 Å². The van der Waals surface area contributed by atoms with Gasteiger partial charge in [-0.2, -0.15) is 0 Å². The number of hydrogen-bond donors (Lipinski definition) is 3. The van der Waals surface area contributed by atoms with Crippen molar-refractivity contribution in [2.45, 2.75) is 50.0 Å². The number of rotatable bonds is 7. The predicted molar refractivity (Wildman–Crippen MR) is 126 cm³/mol. The molecular formula is C25H29N7. The highest BCUT2D eigenvalue weighted by Gasteiger charge is 2.24. The second kappa shape index (κ2) is 9.44. The van der Waals surface area contributed by atoms with Crippen LogP contribution in [0.2, 0.25) is 0 Å². The van der Waals surface area contributed by atoms with Gasteiger partial charge in [0.15, 0.2) is 5.65 Å². The number of nitrogens with two attached hydrogens (primary N) is 1. The van der Waals surface area contributed by atoms with Crippen LogP contribution in [0.5, 0.6) is 0 Å². The Hall–Kier alpha value is -3.32. The first-order valence-corrected chi connectivity index (χ1v) is 11.4. The highest BCUT2D eigenvalue weighted by atomic mass is 15.3. The van der Waals surface area contributed by atoms with Crippen LogP contribution in [-0.4, -0.2) is 38.0 Å². The van der Waals surface area contributed by atoms with Gasteiger partial charge in [0.05, 0.1) is 0 Å². The van der Waals surface area contributed by atoms with E-state index < -0.39 is 0 Å². The molecular weight excluding hydrogens is 398 g/mol. The maximum atomic E-state index is 6.09. The molecule has 1 aliphatic carbocycles. The number of aromatic nitrogens is 5. The van der Waals surface area contributed by atoms with Gasteiger partial charge in [-0.25, -0.2) is 10.1 Å². The van der Waals surface area contributed by atoms with Crippen molar-refractivity contribution < 1.29 is 0 Å². The van der Waals surface area contributed by atoms with Crippen molar-refractivity contribution in [2.75, 3.05) is 12.3 Å². The molecule has 7 nitrogen and oxygen atoms in total. The molecule has 0 aliphatic heterocycles. The van der Waals surface area contributed by atoms with Crippen LogP contribution in [0.25, 0.3) is 11.2 Å². The van der Waals surface area contributed by atoms with E-state index in [1.807, 2.05) is 18.3 Å². The Morgan fingerprint density at radius 1 is 1.06 bits per heavy atom. The van der Waals surface area contributed by atoms with E-state index in [0.717, 1.165) is 29.6 Å². The van der Waals surface area contributed by atoms with Gasteiger partial charge in [-0.15, -0.1) is 5.10 Å². The van der Waals surface area contributed by atoms with Crippen molar-refractivity contribution in [3.8, 4) is 0 Å². The summed E-state index contributed by atoms with van der Waals surface area (Å²) in [5, 5.41) is 14.9. The molecule has 1 aliphatic rings. The third-order valence-corrected chi connectivity index (χ3v) is 6.67. The van der Waals surface area contributed by atoms with Gasteiger partial charge >= 0.3 is 0 Å². The molecule has 3 heterocycles. The minimum absolute atomic E-state index is 0.120. The summed E-state index contributed by atoms with van der Waals surface area (Å²) in [6, 6.07) is 17.5. The largest absolute Gasteiger partial charge is 0.384 e. The first-order chi connectivity index (χ1) is 15.8. The summed E-state index contributed by atoms with van der Waals surface area (Å²) < 4.78 is 0. The minimum atomic E-state index is 0.120. The van der Waals surface area contributed by atoms with E-state index >= 15 is 0 Å². The average Bonchev–Trinajstić information content (AvgIpc) is 3.31. The van der Waals surface area contributed by atoms with Gasteiger partial charge in [-0.1, -0.05) is 41.6 Å². The zero-order chi connectivity index (χ0) is 21.8. The van der Waals surface area contributed by atoms with Crippen molar-refractivity contribution >= 4 is 17.0 Å².